The number of Topliss-reactive ketones (excluding diaryl/α,β-unsaturated/α-hetero) is 1. The maximum Gasteiger partial charge on any atom is 0.196 e. The van der Waals surface area contributed by atoms with Crippen LogP contribution < -0.4 is 0 Å². The minimum absolute atomic E-state index is 0.0277. The molecule has 4 heteroatoms. The van der Waals surface area contributed by atoms with Gasteiger partial charge in [0.1, 0.15) is 5.76 Å². The first-order valence-electron chi connectivity index (χ1n) is 5.93. The van der Waals surface area contributed by atoms with E-state index in [0.29, 0.717) is 5.56 Å². The maximum absolute atomic E-state index is 12.2. The summed E-state index contributed by atoms with van der Waals surface area (Å²) in [6, 6.07) is 8.83. The number of ether oxygens (including phenoxy) is 2. The first-order valence-corrected chi connectivity index (χ1v) is 5.93. The number of aliphatic hydroxyl groups excluding tert-OH is 1. The van der Waals surface area contributed by atoms with Crippen LogP contribution in [0, 0.1) is 0 Å². The van der Waals surface area contributed by atoms with Crippen molar-refractivity contribution in [3.05, 3.63) is 59.4 Å². The Morgan fingerprint density at radius 2 is 1.84 bits per heavy atom. The quantitative estimate of drug-likeness (QED) is 0.668. The van der Waals surface area contributed by atoms with Gasteiger partial charge in [0.05, 0.1) is 12.0 Å². The SMILES string of the molecule is COC1(OC)C=CC(C(=O)c2ccccc2)=C(O)C1. The molecule has 1 aliphatic rings. The Labute approximate surface area is 112 Å². The topological polar surface area (TPSA) is 55.8 Å². The molecule has 100 valence electrons. The Morgan fingerprint density at radius 1 is 1.21 bits per heavy atom. The van der Waals surface area contributed by atoms with Gasteiger partial charge < -0.3 is 14.6 Å². The largest absolute Gasteiger partial charge is 0.511 e. The highest BCUT2D eigenvalue weighted by Crippen LogP contribution is 2.30. The number of allylic oxidation sites excluding steroid dienone is 2. The molecule has 4 nitrogen and oxygen atoms in total. The summed E-state index contributed by atoms with van der Waals surface area (Å²) in [5.74, 6) is -1.24. The van der Waals surface area contributed by atoms with E-state index in [1.54, 1.807) is 36.4 Å². The predicted octanol–water partition coefficient (Wildman–Crippen LogP) is 2.63. The molecule has 0 saturated heterocycles. The van der Waals surface area contributed by atoms with Crippen LogP contribution in [-0.2, 0) is 9.47 Å². The van der Waals surface area contributed by atoms with Crippen LogP contribution in [-0.4, -0.2) is 30.9 Å². The van der Waals surface area contributed by atoms with Gasteiger partial charge in [0.15, 0.2) is 11.6 Å². The molecule has 0 fully saturated rings. The first-order chi connectivity index (χ1) is 9.12. The van der Waals surface area contributed by atoms with E-state index < -0.39 is 5.79 Å². The molecule has 1 aromatic rings. The van der Waals surface area contributed by atoms with Crippen LogP contribution in [0.3, 0.4) is 0 Å². The summed E-state index contributed by atoms with van der Waals surface area (Å²) in [6.45, 7) is 0. The molecule has 0 saturated carbocycles. The Kier molecular flexibility index (Phi) is 3.83. The van der Waals surface area contributed by atoms with E-state index in [-0.39, 0.29) is 23.5 Å². The van der Waals surface area contributed by atoms with E-state index in [0.717, 1.165) is 0 Å². The molecule has 0 spiro atoms. The lowest BCUT2D eigenvalue weighted by Crippen LogP contribution is -2.34. The zero-order chi connectivity index (χ0) is 13.9. The highest BCUT2D eigenvalue weighted by molar-refractivity contribution is 6.11. The lowest BCUT2D eigenvalue weighted by molar-refractivity contribution is -0.173. The Morgan fingerprint density at radius 3 is 2.37 bits per heavy atom. The van der Waals surface area contributed by atoms with Gasteiger partial charge in [-0.3, -0.25) is 4.79 Å². The average molecular weight is 260 g/mol. The summed E-state index contributed by atoms with van der Waals surface area (Å²) < 4.78 is 10.4. The van der Waals surface area contributed by atoms with Gasteiger partial charge >= 0.3 is 0 Å². The molecule has 19 heavy (non-hydrogen) atoms. The number of methoxy groups -OCH3 is 2. The van der Waals surface area contributed by atoms with Gasteiger partial charge in [0.25, 0.3) is 0 Å². The van der Waals surface area contributed by atoms with Crippen molar-refractivity contribution in [2.24, 2.45) is 0 Å². The number of hydrogen-bond acceptors (Lipinski definition) is 4. The number of carbonyl (C=O) groups is 1. The Balaban J connectivity index is 2.29. The normalized spacial score (nSPS) is 17.6. The lowest BCUT2D eigenvalue weighted by atomic mass is 9.94. The fourth-order valence-electron chi connectivity index (χ4n) is 2.01. The molecule has 1 aromatic carbocycles. The van der Waals surface area contributed by atoms with Crippen molar-refractivity contribution in [1.82, 2.24) is 0 Å². The van der Waals surface area contributed by atoms with Crippen molar-refractivity contribution in [3.8, 4) is 0 Å². The van der Waals surface area contributed by atoms with E-state index in [9.17, 15) is 9.90 Å². The van der Waals surface area contributed by atoms with Crippen molar-refractivity contribution in [2.75, 3.05) is 14.2 Å². The Bertz CT molecular complexity index is 524. The monoisotopic (exact) mass is 260 g/mol. The van der Waals surface area contributed by atoms with Crippen LogP contribution in [0.15, 0.2) is 53.8 Å². The van der Waals surface area contributed by atoms with E-state index in [2.05, 4.69) is 0 Å². The van der Waals surface area contributed by atoms with E-state index in [1.807, 2.05) is 6.07 Å². The van der Waals surface area contributed by atoms with E-state index in [4.69, 9.17) is 9.47 Å². The number of rotatable bonds is 4. The van der Waals surface area contributed by atoms with Crippen LogP contribution in [0.25, 0.3) is 0 Å². The van der Waals surface area contributed by atoms with E-state index in [1.165, 1.54) is 14.2 Å². The zero-order valence-electron chi connectivity index (χ0n) is 10.9. The van der Waals surface area contributed by atoms with Crippen molar-refractivity contribution in [2.45, 2.75) is 12.2 Å². The van der Waals surface area contributed by atoms with Crippen LogP contribution in [0.1, 0.15) is 16.8 Å². The summed E-state index contributed by atoms with van der Waals surface area (Å²) in [5, 5.41) is 10.0. The van der Waals surface area contributed by atoms with Gasteiger partial charge in [-0.25, -0.2) is 0 Å². The molecule has 0 unspecified atom stereocenters. The van der Waals surface area contributed by atoms with Gasteiger partial charge in [0.2, 0.25) is 0 Å². The molecule has 0 radical (unpaired) electrons. The highest BCUT2D eigenvalue weighted by Gasteiger charge is 2.33. The minimum atomic E-state index is -0.995. The van der Waals surface area contributed by atoms with Gasteiger partial charge in [0, 0.05) is 19.8 Å². The standard InChI is InChI=1S/C15H16O4/c1-18-15(19-2)9-8-12(13(16)10-15)14(17)11-6-4-3-5-7-11/h3-9,16H,10H2,1-2H3. The van der Waals surface area contributed by atoms with Gasteiger partial charge in [-0.2, -0.15) is 0 Å². The van der Waals surface area contributed by atoms with Gasteiger partial charge in [-0.1, -0.05) is 30.3 Å². The number of ketones is 1. The number of carbonyl (C=O) groups excluding carboxylic acids is 1. The molecule has 1 N–H and O–H groups in total. The molecule has 0 aromatic heterocycles. The molecular weight excluding hydrogens is 244 g/mol. The van der Waals surface area contributed by atoms with Crippen LogP contribution >= 0.6 is 0 Å². The van der Waals surface area contributed by atoms with Crippen molar-refractivity contribution >= 4 is 5.78 Å². The Hall–Kier alpha value is -1.91. The third-order valence-corrected chi connectivity index (χ3v) is 3.20. The second-order valence-electron chi connectivity index (χ2n) is 4.29. The average Bonchev–Trinajstić information content (AvgIpc) is 2.47. The molecule has 0 aliphatic heterocycles. The highest BCUT2D eigenvalue weighted by atomic mass is 16.7. The van der Waals surface area contributed by atoms with Gasteiger partial charge in [-0.15, -0.1) is 0 Å². The predicted molar refractivity (Wildman–Crippen MR) is 70.9 cm³/mol. The maximum atomic E-state index is 12.2. The third-order valence-electron chi connectivity index (χ3n) is 3.20. The second-order valence-corrected chi connectivity index (χ2v) is 4.29. The summed E-state index contributed by atoms with van der Waals surface area (Å²) in [5.41, 5.74) is 0.812. The third kappa shape index (κ3) is 2.59. The van der Waals surface area contributed by atoms with Crippen molar-refractivity contribution in [3.63, 3.8) is 0 Å². The fourth-order valence-corrected chi connectivity index (χ4v) is 2.01. The molecule has 0 amide bonds. The molecule has 0 heterocycles. The summed E-state index contributed by atoms with van der Waals surface area (Å²) >= 11 is 0. The zero-order valence-corrected chi connectivity index (χ0v) is 10.9. The second kappa shape index (κ2) is 5.38. The van der Waals surface area contributed by atoms with Crippen molar-refractivity contribution < 1.29 is 19.4 Å². The van der Waals surface area contributed by atoms with Crippen molar-refractivity contribution in [1.29, 1.82) is 0 Å². The summed E-state index contributed by atoms with van der Waals surface area (Å²) in [6.07, 6.45) is 3.30. The minimum Gasteiger partial charge on any atom is -0.511 e. The number of benzene rings is 1. The molecular formula is C15H16O4. The first kappa shape index (κ1) is 13.5. The van der Waals surface area contributed by atoms with Crippen LogP contribution in [0.5, 0.6) is 0 Å². The smallest absolute Gasteiger partial charge is 0.196 e. The van der Waals surface area contributed by atoms with Crippen LogP contribution in [0.4, 0.5) is 0 Å². The molecule has 0 bridgehead atoms. The molecule has 0 atom stereocenters. The fraction of sp³-hybridized carbons (Fsp3) is 0.267. The molecule has 1 aliphatic carbocycles. The van der Waals surface area contributed by atoms with E-state index >= 15 is 0 Å². The summed E-state index contributed by atoms with van der Waals surface area (Å²) in [4.78, 5) is 12.2. The van der Waals surface area contributed by atoms with Gasteiger partial charge in [-0.05, 0) is 12.2 Å². The molecule has 2 rings (SSSR count). The van der Waals surface area contributed by atoms with Crippen LogP contribution in [0.2, 0.25) is 0 Å². The number of aliphatic hydroxyl groups is 1. The summed E-state index contributed by atoms with van der Waals surface area (Å²) in [7, 11) is 2.98. The lowest BCUT2D eigenvalue weighted by Gasteiger charge is -2.30. The number of hydrogen-bond donors (Lipinski definition) is 1.